The fourth-order valence-electron chi connectivity index (χ4n) is 3.69. The number of unbranched alkanes of at least 4 members (excludes halogenated alkanes) is 1. The highest BCUT2D eigenvalue weighted by Gasteiger charge is 2.15. The number of piperidine rings is 1. The minimum Gasteiger partial charge on any atom is -0.493 e. The number of aliphatic imine (C=N–C) groups is 1. The third-order valence-electron chi connectivity index (χ3n) is 5.56. The molecular weight excluding hydrogens is 507 g/mol. The van der Waals surface area contributed by atoms with E-state index in [1.807, 2.05) is 12.1 Å². The van der Waals surface area contributed by atoms with E-state index < -0.39 is 0 Å². The van der Waals surface area contributed by atoms with Crippen LogP contribution in [0.25, 0.3) is 0 Å². The first-order valence-electron chi connectivity index (χ1n) is 11.1. The number of halogens is 1. The molecule has 1 saturated heterocycles. The van der Waals surface area contributed by atoms with Gasteiger partial charge in [-0.25, -0.2) is 4.99 Å². The molecule has 0 aliphatic carbocycles. The Labute approximate surface area is 205 Å². The lowest BCUT2D eigenvalue weighted by atomic mass is 9.99. The number of ether oxygens (including phenoxy) is 3. The van der Waals surface area contributed by atoms with Crippen molar-refractivity contribution in [3.8, 4) is 17.2 Å². The molecule has 0 radical (unpaired) electrons. The molecule has 31 heavy (non-hydrogen) atoms. The predicted molar refractivity (Wildman–Crippen MR) is 138 cm³/mol. The summed E-state index contributed by atoms with van der Waals surface area (Å²) in [6.07, 6.45) is 5.04. The Bertz CT molecular complexity index is 639. The van der Waals surface area contributed by atoms with Crippen LogP contribution in [-0.4, -0.2) is 64.9 Å². The van der Waals surface area contributed by atoms with Gasteiger partial charge in [0.05, 0.1) is 27.9 Å². The Balaban J connectivity index is 0.00000480. The van der Waals surface area contributed by atoms with Crippen molar-refractivity contribution in [2.24, 2.45) is 10.9 Å². The van der Waals surface area contributed by atoms with Crippen LogP contribution in [0.5, 0.6) is 17.2 Å². The van der Waals surface area contributed by atoms with E-state index in [0.29, 0.717) is 23.8 Å². The summed E-state index contributed by atoms with van der Waals surface area (Å²) in [6, 6.07) is 3.88. The molecule has 1 aliphatic heterocycles. The van der Waals surface area contributed by atoms with Crippen molar-refractivity contribution in [1.29, 1.82) is 0 Å². The van der Waals surface area contributed by atoms with Gasteiger partial charge in [0.2, 0.25) is 5.75 Å². The monoisotopic (exact) mass is 548 g/mol. The topological polar surface area (TPSA) is 67.4 Å². The first kappa shape index (κ1) is 27.6. The summed E-state index contributed by atoms with van der Waals surface area (Å²) >= 11 is 0. The Hall–Kier alpha value is -1.42. The van der Waals surface area contributed by atoms with Crippen LogP contribution in [0.3, 0.4) is 0 Å². The summed E-state index contributed by atoms with van der Waals surface area (Å²) in [5.74, 6) is 3.62. The molecule has 1 heterocycles. The number of hydrogen-bond donors (Lipinski definition) is 2. The maximum absolute atomic E-state index is 5.43. The number of benzene rings is 1. The zero-order valence-corrected chi connectivity index (χ0v) is 22.2. The number of nitrogens with one attached hydrogen (secondary N) is 2. The van der Waals surface area contributed by atoms with Crippen molar-refractivity contribution >= 4 is 29.9 Å². The van der Waals surface area contributed by atoms with E-state index in [2.05, 4.69) is 29.4 Å². The van der Waals surface area contributed by atoms with Gasteiger partial charge in [0.15, 0.2) is 17.5 Å². The van der Waals surface area contributed by atoms with Crippen LogP contribution < -0.4 is 24.8 Å². The molecule has 8 heteroatoms. The SMILES string of the molecule is CCNC(=NCc1cc(OC)c(OC)c(OC)c1)NCCCCN1CCC(C)CC1.I. The molecule has 0 saturated carbocycles. The Morgan fingerprint density at radius 2 is 1.68 bits per heavy atom. The number of rotatable bonds is 11. The second kappa shape index (κ2) is 15.4. The van der Waals surface area contributed by atoms with E-state index in [0.717, 1.165) is 37.0 Å². The van der Waals surface area contributed by atoms with E-state index in [1.165, 1.54) is 38.9 Å². The lowest BCUT2D eigenvalue weighted by molar-refractivity contribution is 0.189. The Kier molecular flexibility index (Phi) is 13.7. The van der Waals surface area contributed by atoms with Gasteiger partial charge in [-0.1, -0.05) is 6.92 Å². The zero-order chi connectivity index (χ0) is 21.8. The molecule has 1 aromatic carbocycles. The largest absolute Gasteiger partial charge is 0.493 e. The van der Waals surface area contributed by atoms with Gasteiger partial charge in [0.25, 0.3) is 0 Å². The van der Waals surface area contributed by atoms with Crippen LogP contribution in [0.1, 0.15) is 45.1 Å². The highest BCUT2D eigenvalue weighted by molar-refractivity contribution is 14.0. The van der Waals surface area contributed by atoms with Gasteiger partial charge in [-0.3, -0.25) is 0 Å². The normalized spacial score (nSPS) is 15.2. The third kappa shape index (κ3) is 9.31. The molecule has 0 bridgehead atoms. The summed E-state index contributed by atoms with van der Waals surface area (Å²) < 4.78 is 16.3. The summed E-state index contributed by atoms with van der Waals surface area (Å²) in [7, 11) is 4.86. The van der Waals surface area contributed by atoms with Gasteiger partial charge in [-0.2, -0.15) is 0 Å². The average Bonchev–Trinajstić information content (AvgIpc) is 2.77. The molecule has 0 spiro atoms. The molecular formula is C23H41IN4O3. The van der Waals surface area contributed by atoms with Crippen LogP contribution in [-0.2, 0) is 6.54 Å². The highest BCUT2D eigenvalue weighted by atomic mass is 127. The molecule has 7 nitrogen and oxygen atoms in total. The smallest absolute Gasteiger partial charge is 0.203 e. The van der Waals surface area contributed by atoms with Crippen molar-refractivity contribution in [2.75, 3.05) is 54.1 Å². The Morgan fingerprint density at radius 1 is 1.03 bits per heavy atom. The lowest BCUT2D eigenvalue weighted by Gasteiger charge is -2.30. The van der Waals surface area contributed by atoms with Gasteiger partial charge in [0, 0.05) is 13.1 Å². The maximum atomic E-state index is 5.43. The van der Waals surface area contributed by atoms with Crippen molar-refractivity contribution < 1.29 is 14.2 Å². The fourth-order valence-corrected chi connectivity index (χ4v) is 3.69. The number of hydrogen-bond acceptors (Lipinski definition) is 5. The van der Waals surface area contributed by atoms with Gasteiger partial charge in [-0.15, -0.1) is 24.0 Å². The Morgan fingerprint density at radius 3 is 2.23 bits per heavy atom. The number of nitrogens with zero attached hydrogens (tertiary/aromatic N) is 2. The van der Waals surface area contributed by atoms with E-state index in [9.17, 15) is 0 Å². The molecule has 0 aromatic heterocycles. The van der Waals surface area contributed by atoms with Crippen LogP contribution in [0, 0.1) is 5.92 Å². The minimum atomic E-state index is 0. The van der Waals surface area contributed by atoms with Gasteiger partial charge < -0.3 is 29.7 Å². The van der Waals surface area contributed by atoms with Crippen molar-refractivity contribution in [3.63, 3.8) is 0 Å². The van der Waals surface area contributed by atoms with E-state index >= 15 is 0 Å². The lowest BCUT2D eigenvalue weighted by Crippen LogP contribution is -2.38. The van der Waals surface area contributed by atoms with Crippen molar-refractivity contribution in [2.45, 2.75) is 46.1 Å². The molecule has 0 unspecified atom stereocenters. The molecule has 178 valence electrons. The fraction of sp³-hybridized carbons (Fsp3) is 0.696. The van der Waals surface area contributed by atoms with E-state index in [4.69, 9.17) is 19.2 Å². The summed E-state index contributed by atoms with van der Waals surface area (Å²) in [5.41, 5.74) is 1.00. The van der Waals surface area contributed by atoms with Gasteiger partial charge >= 0.3 is 0 Å². The summed E-state index contributed by atoms with van der Waals surface area (Å²) in [4.78, 5) is 7.32. The summed E-state index contributed by atoms with van der Waals surface area (Å²) in [6.45, 7) is 10.4. The molecule has 1 aromatic rings. The van der Waals surface area contributed by atoms with Gasteiger partial charge in [0.1, 0.15) is 0 Å². The van der Waals surface area contributed by atoms with Crippen LogP contribution in [0.4, 0.5) is 0 Å². The maximum Gasteiger partial charge on any atom is 0.203 e. The van der Waals surface area contributed by atoms with Crippen LogP contribution in [0.15, 0.2) is 17.1 Å². The summed E-state index contributed by atoms with van der Waals surface area (Å²) in [5, 5.41) is 6.77. The molecule has 1 fully saturated rings. The van der Waals surface area contributed by atoms with Crippen molar-refractivity contribution in [1.82, 2.24) is 15.5 Å². The molecule has 2 N–H and O–H groups in total. The zero-order valence-electron chi connectivity index (χ0n) is 19.8. The van der Waals surface area contributed by atoms with Gasteiger partial charge in [-0.05, 0) is 75.9 Å². The number of methoxy groups -OCH3 is 3. The van der Waals surface area contributed by atoms with Crippen LogP contribution >= 0.6 is 24.0 Å². The molecule has 1 aliphatic rings. The molecule has 0 atom stereocenters. The van der Waals surface area contributed by atoms with E-state index in [1.54, 1.807) is 21.3 Å². The van der Waals surface area contributed by atoms with Crippen molar-refractivity contribution in [3.05, 3.63) is 17.7 Å². The predicted octanol–water partition coefficient (Wildman–Crippen LogP) is 3.90. The third-order valence-corrected chi connectivity index (χ3v) is 5.56. The average molecular weight is 549 g/mol. The first-order valence-corrected chi connectivity index (χ1v) is 11.1. The molecule has 2 rings (SSSR count). The standard InChI is InChI=1S/C23H40N4O3.HI/c1-6-24-23(25-11-7-8-12-27-13-9-18(2)10-14-27)26-17-19-15-20(28-3)22(30-5)21(16-19)29-4;/h15-16,18H,6-14,17H2,1-5H3,(H2,24,25,26);1H. The molecule has 0 amide bonds. The van der Waals surface area contributed by atoms with Crippen LogP contribution in [0.2, 0.25) is 0 Å². The first-order chi connectivity index (χ1) is 14.6. The quantitative estimate of drug-likeness (QED) is 0.189. The number of guanidine groups is 1. The second-order valence-corrected chi connectivity index (χ2v) is 7.89. The number of likely N-dealkylation sites (tertiary alicyclic amines) is 1. The highest BCUT2D eigenvalue weighted by Crippen LogP contribution is 2.38. The second-order valence-electron chi connectivity index (χ2n) is 7.89. The van der Waals surface area contributed by atoms with E-state index in [-0.39, 0.29) is 24.0 Å². The minimum absolute atomic E-state index is 0.